The van der Waals surface area contributed by atoms with Crippen molar-refractivity contribution in [2.45, 2.75) is 20.3 Å². The predicted molar refractivity (Wildman–Crippen MR) is 52.4 cm³/mol. The van der Waals surface area contributed by atoms with E-state index in [1.54, 1.807) is 0 Å². The number of rotatable bonds is 3. The van der Waals surface area contributed by atoms with Gasteiger partial charge in [-0.25, -0.2) is 0 Å². The molecule has 1 aromatic heterocycles. The van der Waals surface area contributed by atoms with E-state index in [4.69, 9.17) is 0 Å². The molecule has 1 N–H and O–H groups in total. The molecule has 62 valence electrons. The third kappa shape index (κ3) is 2.22. The number of hydrogen-bond donors (Lipinski definition) is 1. The SMILES string of the molecule is CNc1ccsc1CC(C)C. The van der Waals surface area contributed by atoms with Crippen molar-refractivity contribution in [3.63, 3.8) is 0 Å². The molecule has 0 atom stereocenters. The number of anilines is 1. The van der Waals surface area contributed by atoms with Gasteiger partial charge in [-0.1, -0.05) is 13.8 Å². The van der Waals surface area contributed by atoms with Gasteiger partial charge < -0.3 is 5.32 Å². The average molecular weight is 169 g/mol. The summed E-state index contributed by atoms with van der Waals surface area (Å²) in [5.74, 6) is 0.751. The molecule has 0 amide bonds. The van der Waals surface area contributed by atoms with Crippen molar-refractivity contribution in [1.82, 2.24) is 0 Å². The van der Waals surface area contributed by atoms with Gasteiger partial charge >= 0.3 is 0 Å². The minimum Gasteiger partial charge on any atom is -0.387 e. The van der Waals surface area contributed by atoms with Gasteiger partial charge in [-0.3, -0.25) is 0 Å². The fraction of sp³-hybridized carbons (Fsp3) is 0.556. The van der Waals surface area contributed by atoms with Crippen LogP contribution in [-0.4, -0.2) is 7.05 Å². The summed E-state index contributed by atoms with van der Waals surface area (Å²) in [6.45, 7) is 4.50. The van der Waals surface area contributed by atoms with Crippen molar-refractivity contribution < 1.29 is 0 Å². The predicted octanol–water partition coefficient (Wildman–Crippen LogP) is 2.99. The van der Waals surface area contributed by atoms with Crippen molar-refractivity contribution in [2.24, 2.45) is 5.92 Å². The second kappa shape index (κ2) is 3.77. The lowest BCUT2D eigenvalue weighted by atomic mass is 10.1. The van der Waals surface area contributed by atoms with Gasteiger partial charge in [-0.15, -0.1) is 11.3 Å². The van der Waals surface area contributed by atoms with Crippen LogP contribution in [0.25, 0.3) is 0 Å². The fourth-order valence-corrected chi connectivity index (χ4v) is 2.19. The van der Waals surface area contributed by atoms with Crippen LogP contribution in [0.4, 0.5) is 5.69 Å². The highest BCUT2D eigenvalue weighted by Gasteiger charge is 2.03. The first-order valence-electron chi connectivity index (χ1n) is 3.98. The molecule has 0 spiro atoms. The molecule has 0 aliphatic carbocycles. The van der Waals surface area contributed by atoms with Crippen molar-refractivity contribution >= 4 is 17.0 Å². The molecule has 1 rings (SSSR count). The smallest absolute Gasteiger partial charge is 0.0478 e. The summed E-state index contributed by atoms with van der Waals surface area (Å²) in [6.07, 6.45) is 1.19. The molecule has 0 saturated heterocycles. The van der Waals surface area contributed by atoms with E-state index in [-0.39, 0.29) is 0 Å². The van der Waals surface area contributed by atoms with Crippen molar-refractivity contribution in [1.29, 1.82) is 0 Å². The van der Waals surface area contributed by atoms with Crippen LogP contribution >= 0.6 is 11.3 Å². The van der Waals surface area contributed by atoms with E-state index in [0.29, 0.717) is 0 Å². The Morgan fingerprint density at radius 1 is 1.55 bits per heavy atom. The minimum absolute atomic E-state index is 0.751. The maximum Gasteiger partial charge on any atom is 0.0478 e. The number of hydrogen-bond acceptors (Lipinski definition) is 2. The zero-order valence-electron chi connectivity index (χ0n) is 7.35. The zero-order chi connectivity index (χ0) is 8.27. The summed E-state index contributed by atoms with van der Waals surface area (Å²) in [7, 11) is 1.98. The summed E-state index contributed by atoms with van der Waals surface area (Å²) in [5.41, 5.74) is 1.30. The van der Waals surface area contributed by atoms with Crippen LogP contribution in [0.3, 0.4) is 0 Å². The zero-order valence-corrected chi connectivity index (χ0v) is 8.16. The Labute approximate surface area is 72.4 Å². The molecule has 0 saturated carbocycles. The number of thiophene rings is 1. The summed E-state index contributed by atoms with van der Waals surface area (Å²) >= 11 is 1.84. The second-order valence-corrected chi connectivity index (χ2v) is 4.11. The van der Waals surface area contributed by atoms with Crippen LogP contribution in [0.2, 0.25) is 0 Å². The van der Waals surface area contributed by atoms with Gasteiger partial charge in [0.2, 0.25) is 0 Å². The Kier molecular flexibility index (Phi) is 2.94. The van der Waals surface area contributed by atoms with E-state index < -0.39 is 0 Å². The quantitative estimate of drug-likeness (QED) is 0.733. The van der Waals surface area contributed by atoms with Crippen LogP contribution < -0.4 is 5.32 Å². The topological polar surface area (TPSA) is 12.0 Å². The second-order valence-electron chi connectivity index (χ2n) is 3.11. The molecule has 1 aromatic rings. The van der Waals surface area contributed by atoms with Crippen LogP contribution in [0, 0.1) is 5.92 Å². The van der Waals surface area contributed by atoms with Crippen molar-refractivity contribution in [3.05, 3.63) is 16.3 Å². The first-order valence-corrected chi connectivity index (χ1v) is 4.86. The van der Waals surface area contributed by atoms with Gasteiger partial charge in [0, 0.05) is 17.6 Å². The Balaban J connectivity index is 2.68. The molecule has 1 nitrogen and oxygen atoms in total. The van der Waals surface area contributed by atoms with Gasteiger partial charge in [0.05, 0.1) is 0 Å². The maximum atomic E-state index is 3.19. The average Bonchev–Trinajstić information content (AvgIpc) is 2.34. The Morgan fingerprint density at radius 3 is 2.82 bits per heavy atom. The van der Waals surface area contributed by atoms with E-state index >= 15 is 0 Å². The van der Waals surface area contributed by atoms with E-state index in [0.717, 1.165) is 5.92 Å². The molecule has 0 aliphatic heterocycles. The normalized spacial score (nSPS) is 10.5. The first kappa shape index (κ1) is 8.60. The minimum atomic E-state index is 0.751. The monoisotopic (exact) mass is 169 g/mol. The van der Waals surface area contributed by atoms with E-state index in [9.17, 15) is 0 Å². The third-order valence-corrected chi connectivity index (χ3v) is 2.55. The Hall–Kier alpha value is -0.500. The van der Waals surface area contributed by atoms with Crippen LogP contribution in [-0.2, 0) is 6.42 Å². The van der Waals surface area contributed by atoms with Gasteiger partial charge in [-0.2, -0.15) is 0 Å². The lowest BCUT2D eigenvalue weighted by Crippen LogP contribution is -1.95. The lowest BCUT2D eigenvalue weighted by Gasteiger charge is -2.04. The Bertz CT molecular complexity index is 215. The summed E-state index contributed by atoms with van der Waals surface area (Å²) in [5, 5.41) is 5.33. The summed E-state index contributed by atoms with van der Waals surface area (Å²) in [6, 6.07) is 2.14. The highest BCUT2D eigenvalue weighted by molar-refractivity contribution is 7.10. The van der Waals surface area contributed by atoms with E-state index in [1.807, 2.05) is 18.4 Å². The standard InChI is InChI=1S/C9H15NS/c1-7(2)6-9-8(10-3)4-5-11-9/h4-5,7,10H,6H2,1-3H3. The van der Waals surface area contributed by atoms with E-state index in [2.05, 4.69) is 30.6 Å². The summed E-state index contributed by atoms with van der Waals surface area (Å²) in [4.78, 5) is 1.47. The highest BCUT2D eigenvalue weighted by atomic mass is 32.1. The molecular formula is C9H15NS. The van der Waals surface area contributed by atoms with Gasteiger partial charge in [0.25, 0.3) is 0 Å². The fourth-order valence-electron chi connectivity index (χ4n) is 1.09. The molecule has 0 aliphatic rings. The van der Waals surface area contributed by atoms with Crippen molar-refractivity contribution in [2.75, 3.05) is 12.4 Å². The maximum absolute atomic E-state index is 3.19. The molecule has 2 heteroatoms. The largest absolute Gasteiger partial charge is 0.387 e. The number of nitrogens with one attached hydrogen (secondary N) is 1. The molecular weight excluding hydrogens is 154 g/mol. The molecule has 0 radical (unpaired) electrons. The first-order chi connectivity index (χ1) is 5.24. The van der Waals surface area contributed by atoms with E-state index in [1.165, 1.54) is 17.0 Å². The molecule has 0 fully saturated rings. The third-order valence-electron chi connectivity index (χ3n) is 1.61. The van der Waals surface area contributed by atoms with Crippen LogP contribution in [0.15, 0.2) is 11.4 Å². The van der Waals surface area contributed by atoms with Crippen LogP contribution in [0.1, 0.15) is 18.7 Å². The van der Waals surface area contributed by atoms with Crippen LogP contribution in [0.5, 0.6) is 0 Å². The van der Waals surface area contributed by atoms with Gasteiger partial charge in [-0.05, 0) is 23.8 Å². The molecule has 0 unspecified atom stereocenters. The molecule has 11 heavy (non-hydrogen) atoms. The molecule has 0 bridgehead atoms. The van der Waals surface area contributed by atoms with Crippen molar-refractivity contribution in [3.8, 4) is 0 Å². The highest BCUT2D eigenvalue weighted by Crippen LogP contribution is 2.24. The molecule has 1 heterocycles. The van der Waals surface area contributed by atoms with Gasteiger partial charge in [0.15, 0.2) is 0 Å². The summed E-state index contributed by atoms with van der Waals surface area (Å²) < 4.78 is 0. The Morgan fingerprint density at radius 2 is 2.27 bits per heavy atom. The lowest BCUT2D eigenvalue weighted by molar-refractivity contribution is 0.655. The van der Waals surface area contributed by atoms with Gasteiger partial charge in [0.1, 0.15) is 0 Å². The molecule has 0 aromatic carbocycles.